The molecule has 7 nitrogen and oxygen atoms in total. The monoisotopic (exact) mass is 362 g/mol. The first kappa shape index (κ1) is 16.6. The molecule has 0 radical (unpaired) electrons. The van der Waals surface area contributed by atoms with E-state index in [4.69, 9.17) is 22.3 Å². The van der Waals surface area contributed by atoms with Crippen LogP contribution in [0.15, 0.2) is 5.10 Å². The van der Waals surface area contributed by atoms with Gasteiger partial charge in [-0.05, 0) is 12.8 Å². The third-order valence-corrected chi connectivity index (χ3v) is 5.72. The largest absolute Gasteiger partial charge is 0.365 e. The number of amides is 1. The summed E-state index contributed by atoms with van der Waals surface area (Å²) in [5.74, 6) is 0.515. The molecule has 1 fully saturated rings. The van der Waals surface area contributed by atoms with E-state index in [1.54, 1.807) is 0 Å². The third-order valence-electron chi connectivity index (χ3n) is 5.31. The van der Waals surface area contributed by atoms with Crippen LogP contribution >= 0.6 is 11.6 Å². The minimum Gasteiger partial charge on any atom is -0.365 e. The van der Waals surface area contributed by atoms with Crippen molar-refractivity contribution in [2.75, 3.05) is 18.9 Å². The summed E-state index contributed by atoms with van der Waals surface area (Å²) >= 11 is 6.59. The maximum Gasteiger partial charge on any atom is 0.253 e. The van der Waals surface area contributed by atoms with Gasteiger partial charge in [-0.25, -0.2) is 4.98 Å². The van der Waals surface area contributed by atoms with Crippen LogP contribution in [0.4, 0.5) is 5.82 Å². The summed E-state index contributed by atoms with van der Waals surface area (Å²) in [5, 5.41) is 13.0. The molecule has 134 valence electrons. The number of likely N-dealkylation sites (N-methyl/N-ethyl adjacent to an activating group) is 1. The lowest BCUT2D eigenvalue weighted by molar-refractivity contribution is 0.0964. The van der Waals surface area contributed by atoms with Gasteiger partial charge in [0.2, 0.25) is 0 Å². The number of nitrogens with two attached hydrogens (primary N) is 1. The number of hydrogen-bond donors (Lipinski definition) is 3. The summed E-state index contributed by atoms with van der Waals surface area (Å²) < 4.78 is 0. The molecule has 8 heteroatoms. The Kier molecular flexibility index (Phi) is 4.29. The second kappa shape index (κ2) is 6.46. The summed E-state index contributed by atoms with van der Waals surface area (Å²) in [6.45, 7) is 1.14. The van der Waals surface area contributed by atoms with Crippen LogP contribution in [0, 0.1) is 0 Å². The number of fused-ring (bicyclic) bond motifs is 1. The van der Waals surface area contributed by atoms with Crippen molar-refractivity contribution in [3.63, 3.8) is 0 Å². The fraction of sp³-hybridized carbons (Fsp3) is 0.588. The van der Waals surface area contributed by atoms with Crippen LogP contribution in [-0.2, 0) is 6.54 Å². The molecule has 4 N–H and O–H groups in total. The third kappa shape index (κ3) is 2.95. The van der Waals surface area contributed by atoms with Crippen molar-refractivity contribution in [1.29, 1.82) is 0 Å². The number of nitrogens with one attached hydrogen (secondary N) is 2. The number of hydrazone groups is 1. The Morgan fingerprint density at radius 3 is 2.92 bits per heavy atom. The Morgan fingerprint density at radius 1 is 1.40 bits per heavy atom. The molecule has 3 heterocycles. The number of hydrogen-bond acceptors (Lipinski definition) is 6. The minimum atomic E-state index is -0.108. The molecule has 3 atom stereocenters. The van der Waals surface area contributed by atoms with Crippen molar-refractivity contribution in [2.45, 2.75) is 50.2 Å². The first-order valence-corrected chi connectivity index (χ1v) is 9.20. The molecule has 4 rings (SSSR count). The fourth-order valence-electron chi connectivity index (χ4n) is 3.92. The van der Waals surface area contributed by atoms with Crippen LogP contribution in [0.2, 0.25) is 5.02 Å². The summed E-state index contributed by atoms with van der Waals surface area (Å²) in [6.07, 6.45) is 6.18. The van der Waals surface area contributed by atoms with E-state index in [0.29, 0.717) is 29.5 Å². The smallest absolute Gasteiger partial charge is 0.253 e. The fourth-order valence-corrected chi connectivity index (χ4v) is 4.18. The summed E-state index contributed by atoms with van der Waals surface area (Å²) in [4.78, 5) is 17.1. The number of anilines is 1. The van der Waals surface area contributed by atoms with Crippen LogP contribution in [-0.4, -0.2) is 47.8 Å². The molecule has 3 aliphatic rings. The van der Waals surface area contributed by atoms with Crippen molar-refractivity contribution in [2.24, 2.45) is 10.8 Å². The first-order chi connectivity index (χ1) is 12.0. The van der Waals surface area contributed by atoms with Gasteiger partial charge in [0, 0.05) is 44.0 Å². The number of nitrogens with zero attached hydrogens (tertiary/aromatic N) is 3. The molecule has 0 saturated heterocycles. The molecule has 1 aromatic heterocycles. The van der Waals surface area contributed by atoms with Crippen LogP contribution in [0.25, 0.3) is 0 Å². The normalized spacial score (nSPS) is 28.2. The lowest BCUT2D eigenvalue weighted by Gasteiger charge is -2.30. The quantitative estimate of drug-likeness (QED) is 0.760. The molecule has 0 bridgehead atoms. The molecule has 1 aliphatic carbocycles. The zero-order valence-corrected chi connectivity index (χ0v) is 15.0. The molecule has 1 unspecified atom stereocenters. The molecule has 1 saturated carbocycles. The Bertz CT molecular complexity index is 736. The topological polar surface area (TPSA) is 95.6 Å². The number of pyridine rings is 1. The highest BCUT2D eigenvalue weighted by atomic mass is 35.5. The number of rotatable bonds is 3. The van der Waals surface area contributed by atoms with Crippen molar-refractivity contribution in [3.8, 4) is 0 Å². The second-order valence-electron chi connectivity index (χ2n) is 7.11. The highest BCUT2D eigenvalue weighted by Gasteiger charge is 2.34. The van der Waals surface area contributed by atoms with Crippen LogP contribution < -0.4 is 16.4 Å². The maximum absolute atomic E-state index is 12.3. The summed E-state index contributed by atoms with van der Waals surface area (Å²) in [5.41, 5.74) is 8.44. The van der Waals surface area contributed by atoms with E-state index in [9.17, 15) is 4.79 Å². The van der Waals surface area contributed by atoms with Gasteiger partial charge in [-0.2, -0.15) is 5.10 Å². The number of carbonyl (C=O) groups excluding carboxylic acids is 1. The van der Waals surface area contributed by atoms with E-state index in [1.165, 1.54) is 6.42 Å². The Hall–Kier alpha value is -1.86. The van der Waals surface area contributed by atoms with E-state index < -0.39 is 0 Å². The van der Waals surface area contributed by atoms with Gasteiger partial charge in [0.05, 0.1) is 22.2 Å². The lowest BCUT2D eigenvalue weighted by atomic mass is 9.91. The predicted molar refractivity (Wildman–Crippen MR) is 98.1 cm³/mol. The zero-order valence-electron chi connectivity index (χ0n) is 14.3. The minimum absolute atomic E-state index is 0.0135. The molecular formula is C17H23ClN6O. The average molecular weight is 363 g/mol. The van der Waals surface area contributed by atoms with E-state index in [2.05, 4.69) is 15.7 Å². The van der Waals surface area contributed by atoms with Crippen molar-refractivity contribution < 1.29 is 4.79 Å². The van der Waals surface area contributed by atoms with Gasteiger partial charge in [-0.3, -0.25) is 9.80 Å². The highest BCUT2D eigenvalue weighted by Crippen LogP contribution is 2.36. The van der Waals surface area contributed by atoms with Crippen LogP contribution in [0.1, 0.15) is 53.2 Å². The molecule has 1 aromatic rings. The zero-order chi connectivity index (χ0) is 17.6. The van der Waals surface area contributed by atoms with E-state index in [-0.39, 0.29) is 23.9 Å². The summed E-state index contributed by atoms with van der Waals surface area (Å²) in [7, 11) is 1.91. The Morgan fingerprint density at radius 2 is 2.20 bits per heavy atom. The Balaban J connectivity index is 1.72. The Labute approximate surface area is 152 Å². The number of carbonyl (C=O) groups is 1. The predicted octanol–water partition coefficient (Wildman–Crippen LogP) is 1.67. The van der Waals surface area contributed by atoms with Gasteiger partial charge in [-0.1, -0.05) is 24.4 Å². The lowest BCUT2D eigenvalue weighted by Crippen LogP contribution is -2.43. The SMILES string of the molecule is CN1CC(c2nc(N[C@@H]3CCCC[C@@H]3N)c(Cl)c3c2C(=O)NC3)C=N1. The van der Waals surface area contributed by atoms with E-state index >= 15 is 0 Å². The van der Waals surface area contributed by atoms with Gasteiger partial charge in [0.15, 0.2) is 0 Å². The highest BCUT2D eigenvalue weighted by molar-refractivity contribution is 6.34. The van der Waals surface area contributed by atoms with Gasteiger partial charge >= 0.3 is 0 Å². The second-order valence-corrected chi connectivity index (χ2v) is 7.48. The maximum atomic E-state index is 12.3. The molecule has 25 heavy (non-hydrogen) atoms. The van der Waals surface area contributed by atoms with Crippen molar-refractivity contribution in [3.05, 3.63) is 21.8 Å². The van der Waals surface area contributed by atoms with Crippen molar-refractivity contribution in [1.82, 2.24) is 15.3 Å². The molecule has 1 amide bonds. The van der Waals surface area contributed by atoms with Gasteiger partial charge in [-0.15, -0.1) is 0 Å². The van der Waals surface area contributed by atoms with E-state index in [1.807, 2.05) is 18.3 Å². The van der Waals surface area contributed by atoms with Gasteiger partial charge in [0.1, 0.15) is 5.82 Å². The summed E-state index contributed by atoms with van der Waals surface area (Å²) in [6, 6.07) is 0.261. The van der Waals surface area contributed by atoms with Gasteiger partial charge in [0.25, 0.3) is 5.91 Å². The standard InChI is InChI=1S/C17H23ClN6O/c1-24-8-9(6-21-24)15-13-10(7-20-17(13)25)14(18)16(23-15)22-12-5-3-2-4-11(12)19/h6,9,11-12H,2-5,7-8,19H2,1H3,(H,20,25)(H,22,23)/t9?,11-,12+/m0/s1. The van der Waals surface area contributed by atoms with Crippen LogP contribution in [0.3, 0.4) is 0 Å². The van der Waals surface area contributed by atoms with Gasteiger partial charge < -0.3 is 16.4 Å². The first-order valence-electron chi connectivity index (χ1n) is 8.82. The van der Waals surface area contributed by atoms with E-state index in [0.717, 1.165) is 30.5 Å². The molecule has 0 spiro atoms. The number of halogens is 1. The van der Waals surface area contributed by atoms with Crippen molar-refractivity contribution >= 4 is 29.5 Å². The van der Waals surface area contributed by atoms with Crippen LogP contribution in [0.5, 0.6) is 0 Å². The molecular weight excluding hydrogens is 340 g/mol. The average Bonchev–Trinajstić information content (AvgIpc) is 3.19. The molecule has 0 aromatic carbocycles. The molecule has 2 aliphatic heterocycles. The number of aromatic nitrogens is 1.